The van der Waals surface area contributed by atoms with Crippen molar-refractivity contribution in [3.05, 3.63) is 71.9 Å². The van der Waals surface area contributed by atoms with Gasteiger partial charge in [-0.1, -0.05) is 62.4 Å². The molecule has 126 valence electrons. The van der Waals surface area contributed by atoms with Gasteiger partial charge in [0.1, 0.15) is 0 Å². The van der Waals surface area contributed by atoms with Crippen molar-refractivity contribution in [3.8, 4) is 0 Å². The highest BCUT2D eigenvalue weighted by molar-refractivity contribution is 5.84. The molecule has 2 aromatic carbocycles. The van der Waals surface area contributed by atoms with Crippen LogP contribution in [0.25, 0.3) is 10.9 Å². The number of rotatable bonds is 6. The fourth-order valence-electron chi connectivity index (χ4n) is 3.30. The summed E-state index contributed by atoms with van der Waals surface area (Å²) in [5, 5.41) is 15.5. The first kappa shape index (κ1) is 16.7. The molecule has 0 aliphatic heterocycles. The van der Waals surface area contributed by atoms with Crippen molar-refractivity contribution in [1.82, 2.24) is 9.88 Å². The Bertz CT molecular complexity index is 792. The van der Waals surface area contributed by atoms with Crippen LogP contribution in [-0.4, -0.2) is 28.4 Å². The van der Waals surface area contributed by atoms with Crippen LogP contribution in [0.3, 0.4) is 0 Å². The summed E-state index contributed by atoms with van der Waals surface area (Å²) in [5.41, 5.74) is 3.51. The Kier molecular flexibility index (Phi) is 5.03. The highest BCUT2D eigenvalue weighted by Gasteiger charge is 2.24. The largest absolute Gasteiger partial charge is 0.389 e. The number of para-hydroxylation sites is 1. The van der Waals surface area contributed by atoms with E-state index in [2.05, 4.69) is 73.3 Å². The topological polar surface area (TPSA) is 37.2 Å². The van der Waals surface area contributed by atoms with Gasteiger partial charge in [0.05, 0.1) is 12.1 Å². The number of fused-ring (bicyclic) bond motifs is 1. The van der Waals surface area contributed by atoms with E-state index in [9.17, 15) is 5.11 Å². The van der Waals surface area contributed by atoms with Gasteiger partial charge in [0.25, 0.3) is 0 Å². The van der Waals surface area contributed by atoms with E-state index in [1.165, 1.54) is 10.9 Å². The standard InChI is InChI=1S/C21H26N2O/c1-15(2)22-13-20(24)21(17-9-5-4-6-10-17)23-14-16(3)18-11-7-8-12-19(18)23/h4-12,14-15,20-22,24H,13H2,1-3H3/t20-,21+/m0/s1. The molecule has 24 heavy (non-hydrogen) atoms. The van der Waals surface area contributed by atoms with Crippen LogP contribution in [0.5, 0.6) is 0 Å². The van der Waals surface area contributed by atoms with Gasteiger partial charge in [0, 0.05) is 29.7 Å². The van der Waals surface area contributed by atoms with Crippen molar-refractivity contribution in [1.29, 1.82) is 0 Å². The molecule has 3 aromatic rings. The van der Waals surface area contributed by atoms with Gasteiger partial charge in [-0.25, -0.2) is 0 Å². The van der Waals surface area contributed by atoms with Crippen LogP contribution in [-0.2, 0) is 0 Å². The first-order chi connectivity index (χ1) is 11.6. The van der Waals surface area contributed by atoms with Gasteiger partial charge >= 0.3 is 0 Å². The zero-order valence-corrected chi connectivity index (χ0v) is 14.6. The second kappa shape index (κ2) is 7.20. The third-order valence-electron chi connectivity index (χ3n) is 4.48. The van der Waals surface area contributed by atoms with Crippen LogP contribution in [0.1, 0.15) is 31.0 Å². The summed E-state index contributed by atoms with van der Waals surface area (Å²) in [4.78, 5) is 0. The molecule has 3 heteroatoms. The summed E-state index contributed by atoms with van der Waals surface area (Å²) in [6.45, 7) is 6.88. The van der Waals surface area contributed by atoms with E-state index < -0.39 is 6.10 Å². The molecule has 0 bridgehead atoms. The third kappa shape index (κ3) is 3.37. The Morgan fingerprint density at radius 1 is 1.00 bits per heavy atom. The van der Waals surface area contributed by atoms with Gasteiger partial charge in [-0.3, -0.25) is 0 Å². The fourth-order valence-corrected chi connectivity index (χ4v) is 3.30. The Labute approximate surface area is 143 Å². The maximum Gasteiger partial charge on any atom is 0.0912 e. The molecule has 3 nitrogen and oxygen atoms in total. The Morgan fingerprint density at radius 3 is 2.38 bits per heavy atom. The third-order valence-corrected chi connectivity index (χ3v) is 4.48. The van der Waals surface area contributed by atoms with E-state index in [1.807, 2.05) is 18.2 Å². The minimum absolute atomic E-state index is 0.115. The number of nitrogens with one attached hydrogen (secondary N) is 1. The molecule has 1 aromatic heterocycles. The van der Waals surface area contributed by atoms with E-state index in [0.29, 0.717) is 12.6 Å². The summed E-state index contributed by atoms with van der Waals surface area (Å²) >= 11 is 0. The number of hydrogen-bond acceptors (Lipinski definition) is 2. The summed E-state index contributed by atoms with van der Waals surface area (Å²) in [6, 6.07) is 18.9. The van der Waals surface area contributed by atoms with Gasteiger partial charge < -0.3 is 15.0 Å². The normalized spacial score (nSPS) is 14.2. The van der Waals surface area contributed by atoms with E-state index >= 15 is 0 Å². The lowest BCUT2D eigenvalue weighted by molar-refractivity contribution is 0.127. The van der Waals surface area contributed by atoms with Gasteiger partial charge in [-0.2, -0.15) is 0 Å². The molecular weight excluding hydrogens is 296 g/mol. The molecule has 0 radical (unpaired) electrons. The minimum atomic E-state index is -0.509. The maximum absolute atomic E-state index is 11.0. The molecule has 0 spiro atoms. The predicted octanol–water partition coefficient (Wildman–Crippen LogP) is 3.90. The second-order valence-electron chi connectivity index (χ2n) is 6.72. The van der Waals surface area contributed by atoms with E-state index in [-0.39, 0.29) is 6.04 Å². The van der Waals surface area contributed by atoms with Crippen LogP contribution in [0.4, 0.5) is 0 Å². The molecule has 0 saturated heterocycles. The van der Waals surface area contributed by atoms with Crippen LogP contribution >= 0.6 is 0 Å². The summed E-state index contributed by atoms with van der Waals surface area (Å²) in [6.07, 6.45) is 1.64. The van der Waals surface area contributed by atoms with Crippen molar-refractivity contribution >= 4 is 10.9 Å². The van der Waals surface area contributed by atoms with Crippen molar-refractivity contribution in [2.24, 2.45) is 0 Å². The molecular formula is C21H26N2O. The Morgan fingerprint density at radius 2 is 1.67 bits per heavy atom. The minimum Gasteiger partial charge on any atom is -0.389 e. The highest BCUT2D eigenvalue weighted by atomic mass is 16.3. The number of aromatic nitrogens is 1. The van der Waals surface area contributed by atoms with Crippen molar-refractivity contribution < 1.29 is 5.11 Å². The van der Waals surface area contributed by atoms with E-state index in [0.717, 1.165) is 11.1 Å². The molecule has 0 aliphatic rings. The number of aliphatic hydroxyl groups excluding tert-OH is 1. The molecule has 0 amide bonds. The van der Waals surface area contributed by atoms with Crippen LogP contribution in [0.15, 0.2) is 60.8 Å². The molecule has 0 aliphatic carbocycles. The summed E-state index contributed by atoms with van der Waals surface area (Å²) in [7, 11) is 0. The summed E-state index contributed by atoms with van der Waals surface area (Å²) in [5.74, 6) is 0. The molecule has 3 rings (SSSR count). The molecule has 1 heterocycles. The van der Waals surface area contributed by atoms with Crippen LogP contribution < -0.4 is 5.32 Å². The number of benzene rings is 2. The lowest BCUT2D eigenvalue weighted by Crippen LogP contribution is -2.37. The van der Waals surface area contributed by atoms with Crippen molar-refractivity contribution in [2.75, 3.05) is 6.54 Å². The first-order valence-corrected chi connectivity index (χ1v) is 8.60. The SMILES string of the molecule is Cc1cn([C@H](c2ccccc2)[C@@H](O)CNC(C)C)c2ccccc12. The molecule has 2 N–H and O–H groups in total. The smallest absolute Gasteiger partial charge is 0.0912 e. The van der Waals surface area contributed by atoms with Gasteiger partial charge in [0.2, 0.25) is 0 Å². The van der Waals surface area contributed by atoms with Crippen molar-refractivity contribution in [3.63, 3.8) is 0 Å². The van der Waals surface area contributed by atoms with Crippen LogP contribution in [0, 0.1) is 6.92 Å². The van der Waals surface area contributed by atoms with Gasteiger partial charge in [-0.15, -0.1) is 0 Å². The summed E-state index contributed by atoms with van der Waals surface area (Å²) < 4.78 is 2.21. The zero-order chi connectivity index (χ0) is 17.1. The Hall–Kier alpha value is -2.10. The average molecular weight is 322 g/mol. The maximum atomic E-state index is 11.0. The number of nitrogens with zero attached hydrogens (tertiary/aromatic N) is 1. The van der Waals surface area contributed by atoms with Gasteiger partial charge in [-0.05, 0) is 24.1 Å². The lowest BCUT2D eigenvalue weighted by Gasteiger charge is -2.27. The second-order valence-corrected chi connectivity index (χ2v) is 6.72. The van der Waals surface area contributed by atoms with Gasteiger partial charge in [0.15, 0.2) is 0 Å². The average Bonchev–Trinajstić information content (AvgIpc) is 2.91. The van der Waals surface area contributed by atoms with E-state index in [4.69, 9.17) is 0 Å². The molecule has 0 unspecified atom stereocenters. The van der Waals surface area contributed by atoms with E-state index in [1.54, 1.807) is 0 Å². The molecule has 0 fully saturated rings. The first-order valence-electron chi connectivity index (χ1n) is 8.60. The molecule has 0 saturated carbocycles. The monoisotopic (exact) mass is 322 g/mol. The Balaban J connectivity index is 2.07. The predicted molar refractivity (Wildman–Crippen MR) is 100 cm³/mol. The lowest BCUT2D eigenvalue weighted by atomic mass is 10.0. The molecule has 2 atom stereocenters. The number of aryl methyl sites for hydroxylation is 1. The van der Waals surface area contributed by atoms with Crippen molar-refractivity contribution in [2.45, 2.75) is 39.0 Å². The van der Waals surface area contributed by atoms with Crippen LogP contribution in [0.2, 0.25) is 0 Å². The highest BCUT2D eigenvalue weighted by Crippen LogP contribution is 2.30. The number of aliphatic hydroxyl groups is 1. The number of hydrogen-bond donors (Lipinski definition) is 2. The fraction of sp³-hybridized carbons (Fsp3) is 0.333. The quantitative estimate of drug-likeness (QED) is 0.722. The zero-order valence-electron chi connectivity index (χ0n) is 14.6.